The summed E-state index contributed by atoms with van der Waals surface area (Å²) in [6.45, 7) is 4.24. The second kappa shape index (κ2) is 4.38. The van der Waals surface area contributed by atoms with Crippen LogP contribution < -0.4 is 5.43 Å². The van der Waals surface area contributed by atoms with Crippen molar-refractivity contribution in [2.45, 2.75) is 26.7 Å². The quantitative estimate of drug-likeness (QED) is 0.676. The number of hydrogen-bond acceptors (Lipinski definition) is 5. The molecule has 0 saturated heterocycles. The van der Waals surface area contributed by atoms with E-state index in [9.17, 15) is 0 Å². The second-order valence-corrected chi connectivity index (χ2v) is 6.74. The number of fused-ring (bicyclic) bond motifs is 2. The highest BCUT2D eigenvalue weighted by molar-refractivity contribution is 7.18. The molecule has 2 heterocycles. The van der Waals surface area contributed by atoms with E-state index in [1.807, 2.05) is 0 Å². The number of nitrogens with zero attached hydrogens (tertiary/aromatic N) is 3. The first-order chi connectivity index (χ1) is 9.74. The number of rotatable bonds is 2. The van der Waals surface area contributed by atoms with Crippen LogP contribution in [0.15, 0.2) is 23.6 Å². The zero-order valence-corrected chi connectivity index (χ0v) is 12.4. The molecule has 0 amide bonds. The summed E-state index contributed by atoms with van der Waals surface area (Å²) in [6.07, 6.45) is 8.43. The number of allylic oxidation sites excluding steroid dienone is 2. The molecule has 1 fully saturated rings. The average Bonchev–Trinajstić information content (AvgIpc) is 2.93. The van der Waals surface area contributed by atoms with Gasteiger partial charge in [0.2, 0.25) is 0 Å². The maximum Gasteiger partial charge on any atom is 0.158 e. The molecule has 2 aromatic heterocycles. The first-order valence-electron chi connectivity index (χ1n) is 6.94. The first-order valence-corrected chi connectivity index (χ1v) is 7.75. The van der Waals surface area contributed by atoms with Gasteiger partial charge in [-0.05, 0) is 38.2 Å². The van der Waals surface area contributed by atoms with Gasteiger partial charge in [-0.2, -0.15) is 5.10 Å². The zero-order chi connectivity index (χ0) is 13.7. The Morgan fingerprint density at radius 3 is 3.10 bits per heavy atom. The van der Waals surface area contributed by atoms with Crippen LogP contribution in [-0.2, 0) is 0 Å². The van der Waals surface area contributed by atoms with Crippen LogP contribution >= 0.6 is 11.3 Å². The van der Waals surface area contributed by atoms with E-state index in [0.717, 1.165) is 34.8 Å². The van der Waals surface area contributed by atoms with E-state index in [4.69, 9.17) is 0 Å². The average molecular weight is 284 g/mol. The molecule has 0 aliphatic heterocycles. The summed E-state index contributed by atoms with van der Waals surface area (Å²) < 4.78 is 0. The summed E-state index contributed by atoms with van der Waals surface area (Å²) in [5.74, 6) is 2.19. The summed E-state index contributed by atoms with van der Waals surface area (Å²) in [4.78, 5) is 11.0. The highest BCUT2D eigenvalue weighted by atomic mass is 32.1. The molecule has 2 aliphatic carbocycles. The van der Waals surface area contributed by atoms with Crippen LogP contribution in [0.2, 0.25) is 0 Å². The predicted molar refractivity (Wildman–Crippen MR) is 83.3 cm³/mol. The van der Waals surface area contributed by atoms with Gasteiger partial charge in [0.15, 0.2) is 5.82 Å². The lowest BCUT2D eigenvalue weighted by atomic mass is 9.74. The fraction of sp³-hybridized carbons (Fsp3) is 0.400. The standard InChI is InChI=1S/C15H16N4S/c1-8-9(2)20-15-13(8)14(16-7-17-15)19-18-12-6-10-4-3-5-11(10)12/h3-4,7,10-11H,5-6H2,1-2H3,(H,16,17,19)/b18-12-/t10-,11+/m1/s1. The van der Waals surface area contributed by atoms with E-state index in [0.29, 0.717) is 5.92 Å². The fourth-order valence-electron chi connectivity index (χ4n) is 3.06. The number of hydrogen-bond donors (Lipinski definition) is 1. The van der Waals surface area contributed by atoms with Gasteiger partial charge in [-0.15, -0.1) is 11.3 Å². The van der Waals surface area contributed by atoms with Gasteiger partial charge in [0, 0.05) is 16.5 Å². The third-order valence-corrected chi connectivity index (χ3v) is 5.55. The normalized spacial score (nSPS) is 26.0. The second-order valence-electron chi connectivity index (χ2n) is 5.54. The van der Waals surface area contributed by atoms with Crippen molar-refractivity contribution in [3.05, 3.63) is 28.9 Å². The van der Waals surface area contributed by atoms with Gasteiger partial charge in [-0.1, -0.05) is 12.2 Å². The van der Waals surface area contributed by atoms with Crippen molar-refractivity contribution in [3.8, 4) is 0 Å². The molecule has 20 heavy (non-hydrogen) atoms. The molecule has 1 saturated carbocycles. The largest absolute Gasteiger partial charge is 0.261 e. The number of aryl methyl sites for hydroxylation is 2. The Hall–Kier alpha value is -1.75. The van der Waals surface area contributed by atoms with E-state index in [1.54, 1.807) is 17.7 Å². The molecule has 0 radical (unpaired) electrons. The van der Waals surface area contributed by atoms with Crippen LogP contribution in [0.5, 0.6) is 0 Å². The number of nitrogens with one attached hydrogen (secondary N) is 1. The van der Waals surface area contributed by atoms with E-state index >= 15 is 0 Å². The predicted octanol–water partition coefficient (Wildman–Crippen LogP) is 3.67. The Balaban J connectivity index is 1.65. The number of aromatic nitrogens is 2. The van der Waals surface area contributed by atoms with Gasteiger partial charge in [0.25, 0.3) is 0 Å². The topological polar surface area (TPSA) is 50.2 Å². The lowest BCUT2D eigenvalue weighted by molar-refractivity contribution is 0.466. The molecule has 0 aromatic carbocycles. The van der Waals surface area contributed by atoms with Crippen molar-refractivity contribution in [2.24, 2.45) is 16.9 Å². The molecule has 2 aromatic rings. The summed E-state index contributed by atoms with van der Waals surface area (Å²) >= 11 is 1.71. The summed E-state index contributed by atoms with van der Waals surface area (Å²) in [5.41, 5.74) is 5.70. The van der Waals surface area contributed by atoms with Gasteiger partial charge in [0.05, 0.1) is 5.39 Å². The molecule has 4 rings (SSSR count). The van der Waals surface area contributed by atoms with Crippen molar-refractivity contribution in [1.82, 2.24) is 9.97 Å². The summed E-state index contributed by atoms with van der Waals surface area (Å²) in [7, 11) is 0. The molecule has 1 N–H and O–H groups in total. The summed E-state index contributed by atoms with van der Waals surface area (Å²) in [6, 6.07) is 0. The highest BCUT2D eigenvalue weighted by Gasteiger charge is 2.37. The Bertz CT molecular complexity index is 744. The van der Waals surface area contributed by atoms with Crippen LogP contribution in [0.4, 0.5) is 5.82 Å². The van der Waals surface area contributed by atoms with Crippen molar-refractivity contribution < 1.29 is 0 Å². The third-order valence-electron chi connectivity index (χ3n) is 4.43. The lowest BCUT2D eigenvalue weighted by Gasteiger charge is -2.31. The van der Waals surface area contributed by atoms with Crippen LogP contribution in [0.25, 0.3) is 10.2 Å². The van der Waals surface area contributed by atoms with Crippen LogP contribution in [0.3, 0.4) is 0 Å². The smallest absolute Gasteiger partial charge is 0.158 e. The molecular formula is C15H16N4S. The molecule has 0 bridgehead atoms. The molecule has 0 spiro atoms. The van der Waals surface area contributed by atoms with E-state index in [1.165, 1.54) is 16.2 Å². The van der Waals surface area contributed by atoms with Gasteiger partial charge in [-0.25, -0.2) is 9.97 Å². The third kappa shape index (κ3) is 1.69. The minimum Gasteiger partial charge on any atom is -0.261 e. The van der Waals surface area contributed by atoms with Crippen molar-refractivity contribution in [1.29, 1.82) is 0 Å². The van der Waals surface area contributed by atoms with Gasteiger partial charge in [-0.3, -0.25) is 5.43 Å². The molecule has 2 aliphatic rings. The highest BCUT2D eigenvalue weighted by Crippen LogP contribution is 2.40. The maximum absolute atomic E-state index is 4.58. The number of thiophene rings is 1. The van der Waals surface area contributed by atoms with Crippen LogP contribution in [0, 0.1) is 25.7 Å². The number of anilines is 1. The fourth-order valence-corrected chi connectivity index (χ4v) is 4.05. The molecule has 2 atom stereocenters. The zero-order valence-electron chi connectivity index (χ0n) is 11.6. The van der Waals surface area contributed by atoms with Gasteiger partial charge < -0.3 is 0 Å². The van der Waals surface area contributed by atoms with Gasteiger partial charge in [0.1, 0.15) is 11.2 Å². The van der Waals surface area contributed by atoms with Crippen LogP contribution in [0.1, 0.15) is 23.3 Å². The Morgan fingerprint density at radius 2 is 2.25 bits per heavy atom. The summed E-state index contributed by atoms with van der Waals surface area (Å²) in [5, 5.41) is 5.69. The van der Waals surface area contributed by atoms with E-state index < -0.39 is 0 Å². The Morgan fingerprint density at radius 1 is 1.35 bits per heavy atom. The maximum atomic E-state index is 4.58. The monoisotopic (exact) mass is 284 g/mol. The van der Waals surface area contributed by atoms with E-state index in [-0.39, 0.29) is 0 Å². The van der Waals surface area contributed by atoms with Crippen molar-refractivity contribution in [2.75, 3.05) is 5.43 Å². The minimum atomic E-state index is 0.630. The molecule has 102 valence electrons. The SMILES string of the molecule is Cc1sc2ncnc(N/N=C3/C[C@H]4C=CC[C@H]34)c2c1C. The number of hydrazone groups is 1. The minimum absolute atomic E-state index is 0.630. The van der Waals surface area contributed by atoms with Crippen LogP contribution in [-0.4, -0.2) is 15.7 Å². The van der Waals surface area contributed by atoms with Crippen molar-refractivity contribution >= 4 is 33.1 Å². The lowest BCUT2D eigenvalue weighted by Crippen LogP contribution is -2.33. The van der Waals surface area contributed by atoms with E-state index in [2.05, 4.69) is 46.5 Å². The molecule has 4 nitrogen and oxygen atoms in total. The molecule has 5 heteroatoms. The first kappa shape index (κ1) is 12.0. The van der Waals surface area contributed by atoms with Gasteiger partial charge >= 0.3 is 0 Å². The molecular weight excluding hydrogens is 268 g/mol. The molecule has 0 unspecified atom stereocenters. The van der Waals surface area contributed by atoms with Crippen molar-refractivity contribution in [3.63, 3.8) is 0 Å². The Kier molecular flexibility index (Phi) is 2.63. The Labute approximate surface area is 121 Å².